The Labute approximate surface area is 201 Å². The molecule has 3 N–H and O–H groups in total. The number of rotatable bonds is 8. The highest BCUT2D eigenvalue weighted by Crippen LogP contribution is 2.23. The highest BCUT2D eigenvalue weighted by atomic mass is 79.9. The van der Waals surface area contributed by atoms with Crippen molar-refractivity contribution < 1.29 is 14.3 Å². The van der Waals surface area contributed by atoms with Crippen LogP contribution in [0, 0.1) is 0 Å². The van der Waals surface area contributed by atoms with Gasteiger partial charge >= 0.3 is 0 Å². The van der Waals surface area contributed by atoms with Gasteiger partial charge in [0.1, 0.15) is 18.1 Å². The molecular weight excluding hydrogens is 490 g/mol. The van der Waals surface area contributed by atoms with Crippen molar-refractivity contribution in [2.75, 3.05) is 13.7 Å². The maximum absolute atomic E-state index is 12.6. The van der Waals surface area contributed by atoms with Crippen molar-refractivity contribution in [3.8, 4) is 11.5 Å². The van der Waals surface area contributed by atoms with E-state index in [0.29, 0.717) is 23.0 Å². The third kappa shape index (κ3) is 7.25. The Hall–Kier alpha value is -3.10. The normalized spacial score (nSPS) is 10.2. The molecule has 166 valence electrons. The van der Waals surface area contributed by atoms with E-state index in [0.717, 1.165) is 22.2 Å². The fourth-order valence-corrected chi connectivity index (χ4v) is 3.34. The summed E-state index contributed by atoms with van der Waals surface area (Å²) in [5, 5.41) is 3.42. The molecule has 3 rings (SSSR count). The molecule has 0 bridgehead atoms. The first-order valence-corrected chi connectivity index (χ1v) is 11.2. The number of hydrazine groups is 1. The summed E-state index contributed by atoms with van der Waals surface area (Å²) in [4.78, 5) is 12.6. The van der Waals surface area contributed by atoms with Crippen LogP contribution in [-0.2, 0) is 13.0 Å². The number of benzene rings is 3. The number of halogens is 1. The van der Waals surface area contributed by atoms with E-state index in [1.54, 1.807) is 25.3 Å². The average Bonchev–Trinajstić information content (AvgIpc) is 2.82. The number of hydrogen-bond acceptors (Lipinski definition) is 4. The first-order chi connectivity index (χ1) is 15.5. The molecule has 0 aliphatic heterocycles. The minimum Gasteiger partial charge on any atom is -0.496 e. The second-order valence-electron chi connectivity index (χ2n) is 6.84. The highest BCUT2D eigenvalue weighted by molar-refractivity contribution is 9.10. The number of hydrogen-bond donors (Lipinski definition) is 3. The number of carbonyl (C=O) groups excluding carboxylic acids is 1. The van der Waals surface area contributed by atoms with E-state index in [1.165, 1.54) is 5.56 Å². The van der Waals surface area contributed by atoms with Gasteiger partial charge in [0.2, 0.25) is 0 Å². The summed E-state index contributed by atoms with van der Waals surface area (Å²) in [7, 11) is 1.58. The van der Waals surface area contributed by atoms with Crippen molar-refractivity contribution in [2.24, 2.45) is 0 Å². The standard InChI is InChI=1S/C24H24BrN3O3S/c1-30-22-12-7-18(15-19(22)16-31-21-10-8-20(25)9-11-21)23(29)27-28-24(32)26-14-13-17-5-3-2-4-6-17/h2-12,15H,13-14,16H2,1H3,(H,27,29)(H2,26,28,32). The molecule has 0 aliphatic rings. The minimum atomic E-state index is -0.315. The molecule has 0 unspecified atom stereocenters. The van der Waals surface area contributed by atoms with Gasteiger partial charge in [0.15, 0.2) is 5.11 Å². The topological polar surface area (TPSA) is 71.6 Å². The molecule has 32 heavy (non-hydrogen) atoms. The Kier molecular flexibility index (Phi) is 8.89. The van der Waals surface area contributed by atoms with Crippen LogP contribution in [0.2, 0.25) is 0 Å². The Morgan fingerprint density at radius 2 is 1.75 bits per heavy atom. The van der Waals surface area contributed by atoms with E-state index in [1.807, 2.05) is 42.5 Å². The Bertz CT molecular complexity index is 1050. The first-order valence-electron chi connectivity index (χ1n) is 9.98. The summed E-state index contributed by atoms with van der Waals surface area (Å²) >= 11 is 8.63. The molecule has 6 nitrogen and oxygen atoms in total. The van der Waals surface area contributed by atoms with Crippen LogP contribution in [0.1, 0.15) is 21.5 Å². The molecule has 0 fully saturated rings. The van der Waals surface area contributed by atoms with Gasteiger partial charge in [0, 0.05) is 22.1 Å². The highest BCUT2D eigenvalue weighted by Gasteiger charge is 2.11. The van der Waals surface area contributed by atoms with Crippen LogP contribution >= 0.6 is 28.1 Å². The molecular formula is C24H24BrN3O3S. The van der Waals surface area contributed by atoms with Crippen LogP contribution in [0.4, 0.5) is 0 Å². The van der Waals surface area contributed by atoms with Crippen molar-refractivity contribution >= 4 is 39.2 Å². The first kappa shape index (κ1) is 23.6. The van der Waals surface area contributed by atoms with Crippen LogP contribution in [0.5, 0.6) is 11.5 Å². The maximum Gasteiger partial charge on any atom is 0.269 e. The van der Waals surface area contributed by atoms with Gasteiger partial charge in [-0.2, -0.15) is 0 Å². The lowest BCUT2D eigenvalue weighted by Crippen LogP contribution is -2.47. The van der Waals surface area contributed by atoms with Gasteiger partial charge in [-0.3, -0.25) is 15.6 Å². The predicted octanol–water partition coefficient (Wildman–Crippen LogP) is 4.39. The molecule has 0 spiro atoms. The van der Waals surface area contributed by atoms with Gasteiger partial charge in [0.05, 0.1) is 7.11 Å². The number of thiocarbonyl (C=S) groups is 1. The Morgan fingerprint density at radius 3 is 2.47 bits per heavy atom. The zero-order chi connectivity index (χ0) is 22.8. The molecule has 0 atom stereocenters. The van der Waals surface area contributed by atoms with Crippen LogP contribution in [0.3, 0.4) is 0 Å². The molecule has 0 saturated heterocycles. The number of amides is 1. The number of carbonyl (C=O) groups is 1. The van der Waals surface area contributed by atoms with Gasteiger partial charge in [0.25, 0.3) is 5.91 Å². The number of ether oxygens (including phenoxy) is 2. The van der Waals surface area contributed by atoms with Gasteiger partial charge in [-0.1, -0.05) is 46.3 Å². The average molecular weight is 514 g/mol. The smallest absolute Gasteiger partial charge is 0.269 e. The SMILES string of the molecule is COc1ccc(C(=O)NNC(=S)NCCc2ccccc2)cc1COc1ccc(Br)cc1. The quantitative estimate of drug-likeness (QED) is 0.306. The summed E-state index contributed by atoms with van der Waals surface area (Å²) in [6, 6.07) is 22.8. The molecule has 3 aromatic rings. The van der Waals surface area contributed by atoms with E-state index in [-0.39, 0.29) is 12.5 Å². The fourth-order valence-electron chi connectivity index (χ4n) is 2.92. The molecule has 0 aromatic heterocycles. The van der Waals surface area contributed by atoms with Crippen molar-refractivity contribution in [1.29, 1.82) is 0 Å². The molecule has 1 amide bonds. The summed E-state index contributed by atoms with van der Waals surface area (Å²) in [5.74, 6) is 1.05. The second-order valence-corrected chi connectivity index (χ2v) is 8.16. The monoisotopic (exact) mass is 513 g/mol. The zero-order valence-electron chi connectivity index (χ0n) is 17.6. The lowest BCUT2D eigenvalue weighted by atomic mass is 10.1. The van der Waals surface area contributed by atoms with Crippen LogP contribution in [0.15, 0.2) is 77.3 Å². The third-order valence-corrected chi connectivity index (χ3v) is 5.36. The maximum atomic E-state index is 12.6. The zero-order valence-corrected chi connectivity index (χ0v) is 20.0. The van der Waals surface area contributed by atoms with Gasteiger partial charge in [-0.15, -0.1) is 0 Å². The fraction of sp³-hybridized carbons (Fsp3) is 0.167. The molecule has 3 aromatic carbocycles. The number of nitrogens with one attached hydrogen (secondary N) is 3. The largest absolute Gasteiger partial charge is 0.496 e. The van der Waals surface area contributed by atoms with E-state index < -0.39 is 0 Å². The van der Waals surface area contributed by atoms with Gasteiger partial charge in [-0.05, 0) is 66.7 Å². The Balaban J connectivity index is 1.51. The molecule has 0 saturated carbocycles. The summed E-state index contributed by atoms with van der Waals surface area (Å²) < 4.78 is 12.2. The van der Waals surface area contributed by atoms with E-state index >= 15 is 0 Å². The number of methoxy groups -OCH3 is 1. The lowest BCUT2D eigenvalue weighted by Gasteiger charge is -2.14. The Morgan fingerprint density at radius 1 is 1.00 bits per heavy atom. The van der Waals surface area contributed by atoms with E-state index in [4.69, 9.17) is 21.7 Å². The van der Waals surface area contributed by atoms with Gasteiger partial charge in [-0.25, -0.2) is 0 Å². The summed E-state index contributed by atoms with van der Waals surface area (Å²) in [6.45, 7) is 0.921. The van der Waals surface area contributed by atoms with E-state index in [9.17, 15) is 4.79 Å². The third-order valence-electron chi connectivity index (χ3n) is 4.58. The van der Waals surface area contributed by atoms with E-state index in [2.05, 4.69) is 44.2 Å². The van der Waals surface area contributed by atoms with Gasteiger partial charge < -0.3 is 14.8 Å². The molecule has 8 heteroatoms. The molecule has 0 heterocycles. The lowest BCUT2D eigenvalue weighted by molar-refractivity contribution is 0.0943. The van der Waals surface area contributed by atoms with Crippen molar-refractivity contribution in [3.63, 3.8) is 0 Å². The molecule has 0 aliphatic carbocycles. The van der Waals surface area contributed by atoms with Crippen LogP contribution < -0.4 is 25.6 Å². The predicted molar refractivity (Wildman–Crippen MR) is 133 cm³/mol. The van der Waals surface area contributed by atoms with Crippen LogP contribution in [0.25, 0.3) is 0 Å². The summed E-state index contributed by atoms with van der Waals surface area (Å²) in [5.41, 5.74) is 7.77. The summed E-state index contributed by atoms with van der Waals surface area (Å²) in [6.07, 6.45) is 0.830. The van der Waals surface area contributed by atoms with Crippen molar-refractivity contribution in [1.82, 2.24) is 16.2 Å². The second kappa shape index (κ2) is 12.1. The van der Waals surface area contributed by atoms with Crippen molar-refractivity contribution in [3.05, 3.63) is 94.0 Å². The molecule has 0 radical (unpaired) electrons. The van der Waals surface area contributed by atoms with Crippen molar-refractivity contribution in [2.45, 2.75) is 13.0 Å². The minimum absolute atomic E-state index is 0.263. The van der Waals surface area contributed by atoms with Crippen LogP contribution in [-0.4, -0.2) is 24.7 Å².